The molecular weight excluding hydrogens is 427 g/mol. The maximum atomic E-state index is 13.4. The van der Waals surface area contributed by atoms with E-state index in [1.807, 2.05) is 12.1 Å². The summed E-state index contributed by atoms with van der Waals surface area (Å²) in [6.45, 7) is 4.38. The number of rotatable bonds is 5. The first-order chi connectivity index (χ1) is 14.0. The van der Waals surface area contributed by atoms with Crippen LogP contribution in [0.3, 0.4) is 0 Å². The van der Waals surface area contributed by atoms with Crippen molar-refractivity contribution in [2.24, 2.45) is 0 Å². The quantitative estimate of drug-likeness (QED) is 0.307. The van der Waals surface area contributed by atoms with Crippen LogP contribution in [0.5, 0.6) is 0 Å². The summed E-state index contributed by atoms with van der Waals surface area (Å²) < 4.78 is 45.5. The Hall–Kier alpha value is -0.883. The van der Waals surface area contributed by atoms with Gasteiger partial charge in [-0.05, 0) is 22.9 Å². The minimum Gasteiger partial charge on any atom is -0.726 e. The molecule has 0 radical (unpaired) electrons. The van der Waals surface area contributed by atoms with Gasteiger partial charge in [-0.25, -0.2) is 12.8 Å². The summed E-state index contributed by atoms with van der Waals surface area (Å²) in [6.07, 6.45) is 6.82. The molecule has 0 amide bonds. The number of likely N-dealkylation sites (N-methyl/N-ethyl adjacent to an activating group) is 1. The van der Waals surface area contributed by atoms with Crippen LogP contribution in [0.1, 0.15) is 32.1 Å². The third kappa shape index (κ3) is 7.67. The summed E-state index contributed by atoms with van der Waals surface area (Å²) in [5.74, 6) is -0.212. The van der Waals surface area contributed by atoms with Crippen molar-refractivity contribution in [3.05, 3.63) is 30.1 Å². The van der Waals surface area contributed by atoms with E-state index < -0.39 is 18.7 Å². The molecule has 1 aromatic rings. The molecule has 0 spiro atoms. The van der Waals surface area contributed by atoms with Gasteiger partial charge in [-0.1, -0.05) is 44.2 Å². The molecule has 30 heavy (non-hydrogen) atoms. The monoisotopic (exact) mass is 462 g/mol. The van der Waals surface area contributed by atoms with Crippen molar-refractivity contribution in [1.82, 2.24) is 4.90 Å². The van der Waals surface area contributed by atoms with Gasteiger partial charge in [-0.15, -0.1) is 0 Å². The number of quaternary nitrogens is 1. The smallest absolute Gasteiger partial charge is 0.237 e. The van der Waals surface area contributed by atoms with Gasteiger partial charge in [0.2, 0.25) is 18.7 Å². The van der Waals surface area contributed by atoms with Gasteiger partial charge in [0.25, 0.3) is 0 Å². The van der Waals surface area contributed by atoms with Crippen molar-refractivity contribution in [3.8, 4) is 0 Å². The summed E-state index contributed by atoms with van der Waals surface area (Å²) in [5.41, 5.74) is 0.418. The zero-order valence-electron chi connectivity index (χ0n) is 18.2. The van der Waals surface area contributed by atoms with Crippen LogP contribution in [0, 0.1) is 5.82 Å². The molecule has 1 atom stereocenters. The van der Waals surface area contributed by atoms with Crippen molar-refractivity contribution >= 4 is 23.9 Å². The Morgan fingerprint density at radius 2 is 1.67 bits per heavy atom. The highest BCUT2D eigenvalue weighted by molar-refractivity contribution is 7.80. The average molecular weight is 463 g/mol. The van der Waals surface area contributed by atoms with Gasteiger partial charge in [0.05, 0.1) is 34.3 Å². The number of hydrogen-bond donors (Lipinski definition) is 1. The summed E-state index contributed by atoms with van der Waals surface area (Å²) >= 11 is 0. The number of nitrogens with zero attached hydrogens (tertiary/aromatic N) is 2. The van der Waals surface area contributed by atoms with Crippen molar-refractivity contribution in [3.63, 3.8) is 0 Å². The molecule has 1 aliphatic carbocycles. The van der Waals surface area contributed by atoms with Gasteiger partial charge in [-0.3, -0.25) is 9.08 Å². The van der Waals surface area contributed by atoms with Crippen LogP contribution in [0.15, 0.2) is 24.3 Å². The summed E-state index contributed by atoms with van der Waals surface area (Å²) in [6, 6.07) is 6.74. The Kier molecular flexibility index (Phi) is 8.99. The first-order valence-corrected chi connectivity index (χ1v) is 14.1. The fraction of sp³-hybridized carbons (Fsp3) is 0.700. The van der Waals surface area contributed by atoms with E-state index in [0.717, 1.165) is 62.0 Å². The zero-order chi connectivity index (χ0) is 22.4. The summed E-state index contributed by atoms with van der Waals surface area (Å²) in [4.78, 5) is 14.3. The fourth-order valence-corrected chi connectivity index (χ4v) is 8.34. The number of piperazine rings is 1. The number of benzene rings is 1. The Morgan fingerprint density at radius 3 is 2.13 bits per heavy atom. The maximum Gasteiger partial charge on any atom is 0.237 e. The van der Waals surface area contributed by atoms with Crippen LogP contribution >= 0.6 is 0 Å². The van der Waals surface area contributed by atoms with Gasteiger partial charge < -0.3 is 13.8 Å². The molecule has 1 N–H and O–H groups in total. The van der Waals surface area contributed by atoms with Crippen LogP contribution in [0.25, 0.3) is 0 Å². The molecule has 7 nitrogen and oxygen atoms in total. The van der Waals surface area contributed by atoms with Crippen LogP contribution in [0.4, 0.5) is 4.39 Å². The molecule has 1 heterocycles. The van der Waals surface area contributed by atoms with E-state index in [-0.39, 0.29) is 5.82 Å². The maximum absolute atomic E-state index is 13.4. The molecule has 3 rings (SSSR count). The normalized spacial score (nSPS) is 22.6. The topological polar surface area (TPSA) is 89.9 Å². The predicted octanol–water partition coefficient (Wildman–Crippen LogP) is 1.33. The third-order valence-electron chi connectivity index (χ3n) is 6.34. The SMILES string of the molecule is COS(=O)(=O)[O-].C[N+]1(C)CCN(C[Si](O)(c2ccc(F)cc2)C2CCCCC2)CC1. The fourth-order valence-electron chi connectivity index (χ4n) is 4.32. The Labute approximate surface area is 181 Å². The lowest BCUT2D eigenvalue weighted by atomic mass is 10.0. The lowest BCUT2D eigenvalue weighted by molar-refractivity contribution is -0.894. The lowest BCUT2D eigenvalue weighted by Gasteiger charge is -2.44. The van der Waals surface area contributed by atoms with Gasteiger partial charge in [0.15, 0.2) is 0 Å². The van der Waals surface area contributed by atoms with Gasteiger partial charge >= 0.3 is 0 Å². The first-order valence-electron chi connectivity index (χ1n) is 10.5. The second kappa shape index (κ2) is 10.6. The Morgan fingerprint density at radius 1 is 1.17 bits per heavy atom. The summed E-state index contributed by atoms with van der Waals surface area (Å²) in [5, 5.41) is 1.02. The standard InChI is InChI=1S/C19H32FN2OSi.CH4O4S/c1-22(2)14-12-21(13-15-22)16-24(23,18-6-4-3-5-7-18)19-10-8-17(20)9-11-19;1-5-6(2,3)4/h8-11,18,23H,3-7,12-16H2,1-2H3;1H3,(H,2,3,4)/q+1;/p-1. The molecule has 172 valence electrons. The van der Waals surface area contributed by atoms with Gasteiger partial charge in [0, 0.05) is 19.3 Å². The van der Waals surface area contributed by atoms with Crippen LogP contribution in [-0.4, -0.2) is 89.0 Å². The molecule has 0 bridgehead atoms. The third-order valence-corrected chi connectivity index (χ3v) is 10.9. The van der Waals surface area contributed by atoms with E-state index in [1.54, 1.807) is 0 Å². The van der Waals surface area contributed by atoms with E-state index in [9.17, 15) is 22.2 Å². The van der Waals surface area contributed by atoms with Crippen molar-refractivity contribution in [1.29, 1.82) is 0 Å². The minimum absolute atomic E-state index is 0.212. The molecule has 2 aliphatic rings. The Bertz CT molecular complexity index is 762. The highest BCUT2D eigenvalue weighted by atomic mass is 32.3. The van der Waals surface area contributed by atoms with E-state index in [1.165, 1.54) is 31.4 Å². The molecule has 1 saturated heterocycles. The van der Waals surface area contributed by atoms with Crippen LogP contribution in [0.2, 0.25) is 5.54 Å². The molecule has 2 fully saturated rings. The molecule has 1 aliphatic heterocycles. The van der Waals surface area contributed by atoms with Gasteiger partial charge in [-0.2, -0.15) is 0 Å². The lowest BCUT2D eigenvalue weighted by Crippen LogP contribution is -2.64. The first kappa shape index (κ1) is 25.4. The average Bonchev–Trinajstić information content (AvgIpc) is 2.70. The van der Waals surface area contributed by atoms with Gasteiger partial charge in [0.1, 0.15) is 5.82 Å². The van der Waals surface area contributed by atoms with E-state index in [4.69, 9.17) is 0 Å². The minimum atomic E-state index is -4.41. The van der Waals surface area contributed by atoms with Crippen molar-refractivity contribution in [2.45, 2.75) is 37.6 Å². The van der Waals surface area contributed by atoms with E-state index >= 15 is 0 Å². The molecular formula is C20H35FN2O5SSi. The second-order valence-corrected chi connectivity index (χ2v) is 13.7. The molecule has 0 aromatic heterocycles. The highest BCUT2D eigenvalue weighted by Crippen LogP contribution is 2.36. The number of hydrogen-bond acceptors (Lipinski definition) is 6. The molecule has 1 aromatic carbocycles. The molecule has 1 saturated carbocycles. The second-order valence-electron chi connectivity index (χ2n) is 9.00. The van der Waals surface area contributed by atoms with Crippen LogP contribution < -0.4 is 5.19 Å². The largest absolute Gasteiger partial charge is 0.726 e. The van der Waals surface area contributed by atoms with Crippen molar-refractivity contribution < 1.29 is 30.8 Å². The highest BCUT2D eigenvalue weighted by Gasteiger charge is 2.44. The summed E-state index contributed by atoms with van der Waals surface area (Å²) in [7, 11) is -1.67. The van der Waals surface area contributed by atoms with Crippen LogP contribution in [-0.2, 0) is 14.6 Å². The molecule has 10 heteroatoms. The predicted molar refractivity (Wildman–Crippen MR) is 116 cm³/mol. The van der Waals surface area contributed by atoms with Crippen molar-refractivity contribution in [2.75, 3.05) is 53.6 Å². The Balaban J connectivity index is 0.000000469. The number of halogens is 1. The zero-order valence-corrected chi connectivity index (χ0v) is 20.0. The molecule has 1 unspecified atom stereocenters. The van der Waals surface area contributed by atoms with E-state index in [0.29, 0.717) is 5.54 Å². The van der Waals surface area contributed by atoms with E-state index in [2.05, 4.69) is 23.2 Å².